The van der Waals surface area contributed by atoms with Crippen molar-refractivity contribution >= 4 is 36.4 Å². The number of nitrogens with zero attached hydrogens (tertiary/aromatic N) is 2. The molecule has 3 heterocycles. The molecule has 5 rings (SSSR count). The van der Waals surface area contributed by atoms with E-state index in [2.05, 4.69) is 26.6 Å². The van der Waals surface area contributed by atoms with Crippen LogP contribution >= 0.6 is 0 Å². The fourth-order valence-electron chi connectivity index (χ4n) is 9.81. The molecule has 3 aliphatic heterocycles. The largest absolute Gasteiger partial charge is 0.466 e. The van der Waals surface area contributed by atoms with Crippen molar-refractivity contribution in [2.24, 2.45) is 11.8 Å². The maximum Gasteiger partial charge on any atom is 0.410 e. The summed E-state index contributed by atoms with van der Waals surface area (Å²) in [5.41, 5.74) is -6.18. The average Bonchev–Trinajstić information content (AvgIpc) is 3.22. The Morgan fingerprint density at radius 2 is 1.18 bits per heavy atom. The number of carbonyl (C=O) groups is 6. The van der Waals surface area contributed by atoms with Crippen LogP contribution in [0.15, 0.2) is 11.8 Å². The molecule has 0 radical (unpaired) electrons. The van der Waals surface area contributed by atoms with Gasteiger partial charge < -0.3 is 99.4 Å². The summed E-state index contributed by atoms with van der Waals surface area (Å²) in [5, 5.41) is 62.4. The number of hydrogen-bond donors (Lipinski definition) is 9. The molecule has 0 aromatic rings. The van der Waals surface area contributed by atoms with Gasteiger partial charge in [0, 0.05) is 32.1 Å². The summed E-state index contributed by atoms with van der Waals surface area (Å²) in [4.78, 5) is 82.2. The van der Waals surface area contributed by atoms with Crippen molar-refractivity contribution in [2.45, 2.75) is 243 Å². The Balaban J connectivity index is 1.46. The van der Waals surface area contributed by atoms with Gasteiger partial charge in [0.15, 0.2) is 6.29 Å². The first kappa shape index (κ1) is 65.8. The van der Waals surface area contributed by atoms with Crippen LogP contribution in [0.1, 0.15) is 136 Å². The number of carbonyl (C=O) groups excluding carboxylic acids is 6. The fourth-order valence-corrected chi connectivity index (χ4v) is 9.81. The number of ether oxygens (including phenoxy) is 9. The molecule has 6 amide bonds. The number of aliphatic hydroxyl groups is 4. The molecule has 5 aliphatic rings. The summed E-state index contributed by atoms with van der Waals surface area (Å²) in [6, 6.07) is -5.06. The molecule has 458 valence electrons. The molecule has 0 aromatic carbocycles. The molecule has 26 heteroatoms. The van der Waals surface area contributed by atoms with Gasteiger partial charge in [0.05, 0.1) is 37.3 Å². The van der Waals surface area contributed by atoms with Gasteiger partial charge in [0.25, 0.3) is 0 Å². The predicted molar refractivity (Wildman–Crippen MR) is 286 cm³/mol. The SMILES string of the molecule is CN(C(=O)OC(C)(C)C)[C@@H]1[C@@H](O)[C@@H](O[C@@H]2[C@@H](O)[C@H](O[C@H]3OC(CNCC4CC(NC(=O)OC(C)(C)C)C4)=CC[C@H]3NC(=O)OC(C)(C)C)[C@@H](NC(=O)OC(C)(C)C)C[C@H]2NC(=O)C(O)C2CN(C(=O)OC(C)(C)C)C2)OC[C@]1(C)O. The van der Waals surface area contributed by atoms with E-state index in [-0.39, 0.29) is 44.4 Å². The molecule has 2 saturated heterocycles. The molecule has 2 saturated carbocycles. The predicted octanol–water partition coefficient (Wildman–Crippen LogP) is 3.25. The molecule has 0 bridgehead atoms. The maximum absolute atomic E-state index is 14.2. The molecule has 26 nitrogen and oxygen atoms in total. The zero-order valence-corrected chi connectivity index (χ0v) is 49.8. The first-order valence-electron chi connectivity index (χ1n) is 27.5. The summed E-state index contributed by atoms with van der Waals surface area (Å²) in [6.45, 7) is 27.0. The van der Waals surface area contributed by atoms with E-state index in [4.69, 9.17) is 42.6 Å². The third kappa shape index (κ3) is 19.6. The summed E-state index contributed by atoms with van der Waals surface area (Å²) in [7, 11) is 1.32. The van der Waals surface area contributed by atoms with Crippen molar-refractivity contribution in [3.63, 3.8) is 0 Å². The van der Waals surface area contributed by atoms with Crippen LogP contribution in [-0.2, 0) is 47.4 Å². The lowest BCUT2D eigenvalue weighted by molar-refractivity contribution is -0.311. The topological polar surface area (TPSA) is 333 Å². The molecular weight excluding hydrogens is 1050 g/mol. The van der Waals surface area contributed by atoms with E-state index in [9.17, 15) is 49.2 Å². The maximum atomic E-state index is 14.2. The number of rotatable bonds is 15. The third-order valence-corrected chi connectivity index (χ3v) is 13.3. The average molecular weight is 1140 g/mol. The van der Waals surface area contributed by atoms with Crippen LogP contribution in [0.4, 0.5) is 24.0 Å². The zero-order chi connectivity index (χ0) is 60.2. The van der Waals surface area contributed by atoms with Gasteiger partial charge in [-0.25, -0.2) is 24.0 Å². The second kappa shape index (κ2) is 25.7. The van der Waals surface area contributed by atoms with Crippen LogP contribution in [0.3, 0.4) is 0 Å². The number of amides is 6. The van der Waals surface area contributed by atoms with E-state index >= 15 is 0 Å². The van der Waals surface area contributed by atoms with Gasteiger partial charge in [0.1, 0.15) is 69.9 Å². The minimum Gasteiger partial charge on any atom is -0.466 e. The molecular formula is C54H93N7O19. The van der Waals surface area contributed by atoms with Crippen LogP contribution in [-0.4, -0.2) is 213 Å². The van der Waals surface area contributed by atoms with Gasteiger partial charge in [-0.2, -0.15) is 0 Å². The smallest absolute Gasteiger partial charge is 0.410 e. The lowest BCUT2D eigenvalue weighted by atomic mass is 9.80. The van der Waals surface area contributed by atoms with E-state index in [1.807, 2.05) is 0 Å². The lowest BCUT2D eigenvalue weighted by Crippen LogP contribution is -2.71. The van der Waals surface area contributed by atoms with Crippen LogP contribution in [0.2, 0.25) is 0 Å². The quantitative estimate of drug-likeness (QED) is 0.106. The fraction of sp³-hybridized carbons (Fsp3) is 0.852. The number of nitrogens with one attached hydrogen (secondary N) is 5. The molecule has 4 fully saturated rings. The summed E-state index contributed by atoms with van der Waals surface area (Å²) in [5.74, 6) is -1.05. The molecule has 0 spiro atoms. The Bertz CT molecular complexity index is 2190. The summed E-state index contributed by atoms with van der Waals surface area (Å²) < 4.78 is 53.2. The van der Waals surface area contributed by atoms with Gasteiger partial charge in [-0.1, -0.05) is 0 Å². The Hall–Kier alpha value is -4.96. The number of likely N-dealkylation sites (N-methyl/N-ethyl adjacent to an activating group) is 1. The van der Waals surface area contributed by atoms with Gasteiger partial charge in [-0.15, -0.1) is 0 Å². The Morgan fingerprint density at radius 3 is 1.70 bits per heavy atom. The second-order valence-electron chi connectivity index (χ2n) is 26.9. The van der Waals surface area contributed by atoms with Crippen molar-refractivity contribution in [1.82, 2.24) is 36.4 Å². The molecule has 0 aromatic heterocycles. The van der Waals surface area contributed by atoms with Gasteiger partial charge in [-0.3, -0.25) is 4.79 Å². The Kier molecular flexibility index (Phi) is 21.1. The monoisotopic (exact) mass is 1140 g/mol. The highest BCUT2D eigenvalue weighted by atomic mass is 16.7. The number of alkyl carbamates (subject to hydrolysis) is 3. The minimum absolute atomic E-state index is 0.0235. The molecule has 80 heavy (non-hydrogen) atoms. The van der Waals surface area contributed by atoms with Gasteiger partial charge in [0.2, 0.25) is 12.2 Å². The summed E-state index contributed by atoms with van der Waals surface area (Å²) >= 11 is 0. The summed E-state index contributed by atoms with van der Waals surface area (Å²) in [6.07, 6.45) is -12.5. The molecule has 12 atom stereocenters. The molecule has 1 unspecified atom stereocenters. The van der Waals surface area contributed by atoms with Crippen molar-refractivity contribution in [3.05, 3.63) is 11.8 Å². The first-order chi connectivity index (χ1) is 36.6. The van der Waals surface area contributed by atoms with Crippen molar-refractivity contribution in [1.29, 1.82) is 0 Å². The highest BCUT2D eigenvalue weighted by Crippen LogP contribution is 2.36. The van der Waals surface area contributed by atoms with Gasteiger partial charge in [-0.05, 0) is 155 Å². The first-order valence-corrected chi connectivity index (χ1v) is 27.5. The lowest BCUT2D eigenvalue weighted by Gasteiger charge is -2.51. The second-order valence-corrected chi connectivity index (χ2v) is 26.9. The van der Waals surface area contributed by atoms with Crippen LogP contribution < -0.4 is 26.6 Å². The normalized spacial score (nSPS) is 30.8. The van der Waals surface area contributed by atoms with Gasteiger partial charge >= 0.3 is 30.5 Å². The van der Waals surface area contributed by atoms with E-state index in [0.717, 1.165) is 4.90 Å². The van der Waals surface area contributed by atoms with E-state index in [1.54, 1.807) is 110 Å². The minimum atomic E-state index is -1.91. The van der Waals surface area contributed by atoms with E-state index < -0.39 is 150 Å². The molecule has 9 N–H and O–H groups in total. The van der Waals surface area contributed by atoms with Crippen molar-refractivity contribution < 1.29 is 91.8 Å². The van der Waals surface area contributed by atoms with Crippen molar-refractivity contribution in [2.75, 3.05) is 39.8 Å². The number of hydrogen-bond acceptors (Lipinski definition) is 20. The Labute approximate surface area is 470 Å². The zero-order valence-electron chi connectivity index (χ0n) is 49.8. The molecule has 2 aliphatic carbocycles. The Morgan fingerprint density at radius 1 is 0.688 bits per heavy atom. The standard InChI is InChI=1S/C54H93N7O19/c1-49(2,3)76-44(66)56-30-20-28(21-30)23-55-24-31-18-19-32(58-45(67)77-50(4,5)6)42(73-31)74-39-34(59-46(68)78-51(7,8)9)22-33(57-41(65)35(62)29-25-61(26-29)48(70)80-53(13,14)15)38(36(39)63)75-43-37(64)40(54(16,71)27-72-43)60(17)47(69)79-52(10,11)12/h18,28-30,32-40,42-43,55,62-64,71H,19-27H2,1-17H3,(H,56,66)(H,57,65)(H,58,67)(H,59,68)/t28?,30?,32-,33-,34+,35?,36-,37-,38+,39-,40-,42-,43-,54+/m1/s1. The number of likely N-dealkylation sites (tertiary alicyclic amines) is 1. The number of aliphatic hydroxyl groups excluding tert-OH is 3. The van der Waals surface area contributed by atoms with E-state index in [1.165, 1.54) is 18.9 Å². The van der Waals surface area contributed by atoms with Crippen LogP contribution in [0.25, 0.3) is 0 Å². The van der Waals surface area contributed by atoms with Crippen LogP contribution in [0, 0.1) is 11.8 Å². The van der Waals surface area contributed by atoms with E-state index in [0.29, 0.717) is 25.1 Å². The van der Waals surface area contributed by atoms with Crippen LogP contribution in [0.5, 0.6) is 0 Å². The third-order valence-electron chi connectivity index (χ3n) is 13.3. The highest BCUT2D eigenvalue weighted by Gasteiger charge is 2.56. The van der Waals surface area contributed by atoms with Crippen molar-refractivity contribution in [3.8, 4) is 0 Å². The highest BCUT2D eigenvalue weighted by molar-refractivity contribution is 5.82.